The first-order chi connectivity index (χ1) is 49.2. The number of phosphoric acid groups is 2. The highest BCUT2D eigenvalue weighted by Crippen LogP contribution is 2.45. The molecule has 0 saturated heterocycles. The second kappa shape index (κ2) is 74.9. The fraction of sp³-hybridized carbons (Fsp3) is 0.651. The lowest BCUT2D eigenvalue weighted by Gasteiger charge is -2.21. The number of carbonyl (C=O) groups excluding carboxylic acids is 3. The highest BCUT2D eigenvalue weighted by molar-refractivity contribution is 7.47. The number of aliphatic hydroxyl groups excluding tert-OH is 2. The summed E-state index contributed by atoms with van der Waals surface area (Å²) in [5, 5.41) is 20.6. The van der Waals surface area contributed by atoms with Crippen LogP contribution in [0.4, 0.5) is 0 Å². The smallest absolute Gasteiger partial charge is 0.463 e. The van der Waals surface area contributed by atoms with Gasteiger partial charge >= 0.3 is 33.6 Å². The third-order valence-corrected chi connectivity index (χ3v) is 17.6. The highest BCUT2D eigenvalue weighted by Gasteiger charge is 2.29. The maximum absolute atomic E-state index is 12.9. The van der Waals surface area contributed by atoms with Crippen molar-refractivity contribution in [2.75, 3.05) is 39.6 Å². The summed E-state index contributed by atoms with van der Waals surface area (Å²) < 4.78 is 61.0. The Morgan fingerprint density at radius 1 is 0.287 bits per heavy atom. The average Bonchev–Trinajstić information content (AvgIpc) is 0.936. The van der Waals surface area contributed by atoms with E-state index in [-0.39, 0.29) is 19.3 Å². The van der Waals surface area contributed by atoms with Gasteiger partial charge < -0.3 is 34.2 Å². The van der Waals surface area contributed by atoms with Gasteiger partial charge in [0.25, 0.3) is 0 Å². The molecule has 101 heavy (non-hydrogen) atoms. The molecule has 0 heterocycles. The fourth-order valence-electron chi connectivity index (χ4n) is 9.87. The number of rotatable bonds is 72. The van der Waals surface area contributed by atoms with Gasteiger partial charge in [0.05, 0.1) is 26.4 Å². The summed E-state index contributed by atoms with van der Waals surface area (Å²) in [6.45, 7) is 2.33. The molecule has 0 aliphatic carbocycles. The molecule has 0 spiro atoms. The largest absolute Gasteiger partial charge is 0.472 e. The van der Waals surface area contributed by atoms with Crippen LogP contribution in [-0.2, 0) is 55.8 Å². The van der Waals surface area contributed by atoms with Crippen LogP contribution in [0.3, 0.4) is 0 Å². The minimum Gasteiger partial charge on any atom is -0.463 e. The van der Waals surface area contributed by atoms with E-state index in [0.717, 1.165) is 180 Å². The second-order valence-corrected chi connectivity index (χ2v) is 28.3. The van der Waals surface area contributed by atoms with Crippen molar-refractivity contribution >= 4 is 33.6 Å². The lowest BCUT2D eigenvalue weighted by molar-refractivity contribution is -0.161. The van der Waals surface area contributed by atoms with Crippen LogP contribution >= 0.6 is 15.6 Å². The van der Waals surface area contributed by atoms with Crippen LogP contribution in [0.1, 0.15) is 290 Å². The number of hydrogen-bond acceptors (Lipinski definition) is 14. The molecule has 5 unspecified atom stereocenters. The van der Waals surface area contributed by atoms with Crippen molar-refractivity contribution in [2.24, 2.45) is 0 Å². The number of carbonyl (C=O) groups is 3. The number of hydrogen-bond donors (Lipinski definition) is 4. The van der Waals surface area contributed by atoms with Crippen LogP contribution in [0.15, 0.2) is 158 Å². The van der Waals surface area contributed by atoms with Crippen LogP contribution < -0.4 is 0 Å². The van der Waals surface area contributed by atoms with Crippen molar-refractivity contribution in [1.29, 1.82) is 0 Å². The van der Waals surface area contributed by atoms with Crippen LogP contribution in [0.5, 0.6) is 0 Å². The molecule has 18 heteroatoms. The molecule has 0 aromatic rings. The Labute approximate surface area is 612 Å². The Morgan fingerprint density at radius 2 is 0.525 bits per heavy atom. The van der Waals surface area contributed by atoms with Crippen LogP contribution in [0, 0.1) is 0 Å². The van der Waals surface area contributed by atoms with E-state index in [1.807, 2.05) is 0 Å². The van der Waals surface area contributed by atoms with Crippen molar-refractivity contribution in [3.63, 3.8) is 0 Å². The maximum atomic E-state index is 12.9. The van der Waals surface area contributed by atoms with Crippen LogP contribution in [0.25, 0.3) is 0 Å². The standard InChI is InChI=1S/C83H138O16P2/c1-4-7-10-13-16-19-22-25-27-29-31-33-34-35-36-37-38-39-40-41-42-44-46-47-49-52-54-57-60-63-66-69-81(86)93-72-78(84)73-95-100(89,90)96-74-79(85)75-97-101(91,92)98-77-80(99-83(88)71-68-65-62-59-56-51-24-21-18-15-12-9-6-3)76-94-82(87)70-67-64-61-58-55-53-50-48-45-43-32-30-28-26-23-20-17-14-11-8-5-2/h7-8,10-12,15-17,19-21,24-28,31-33,35-36,38-39,43,48,50,78-80,84-85H,4-6,9,13-14,18,22-23,29-30,34,37,40-42,44-47,49,51-77H2,1-3H3,(H,89,90)(H,91,92)/b10-7-,11-8-,15-12-,19-16-,20-17-,24-21-,27-25-,28-26-,33-31-,36-35-,39-38-,43-32-,50-48-. The van der Waals surface area contributed by atoms with E-state index < -0.39 is 91.5 Å². The van der Waals surface area contributed by atoms with Crippen molar-refractivity contribution in [3.05, 3.63) is 158 Å². The first-order valence-corrected chi connectivity index (χ1v) is 41.8. The SMILES string of the molecule is CC/C=C\C/C=C\C/C=C\C/C=C\C/C=C\C/C=C\CCCCCCCCCCCCCCC(=O)OCC(O)COP(=O)(O)OCC(O)COP(=O)(O)OCC(COC(=O)CCCCCCC/C=C\C/C=C\C/C=C\C/C=C\C/C=C\CC)OC(=O)CCCCCCC/C=C\C/C=C\CCC. The van der Waals surface area contributed by atoms with Gasteiger partial charge in [0.2, 0.25) is 0 Å². The lowest BCUT2D eigenvalue weighted by Crippen LogP contribution is -2.30. The predicted molar refractivity (Wildman–Crippen MR) is 417 cm³/mol. The van der Waals surface area contributed by atoms with Gasteiger partial charge in [0, 0.05) is 19.3 Å². The molecule has 0 bridgehead atoms. The molecule has 0 saturated carbocycles. The van der Waals surface area contributed by atoms with Gasteiger partial charge in [-0.15, -0.1) is 0 Å². The number of allylic oxidation sites excluding steroid dienone is 26. The number of unbranched alkanes of at least 4 members (excludes halogenated alkanes) is 23. The highest BCUT2D eigenvalue weighted by atomic mass is 31.2. The molecule has 0 radical (unpaired) electrons. The molecule has 576 valence electrons. The monoisotopic (exact) mass is 1450 g/mol. The molecule has 4 N–H and O–H groups in total. The Bertz CT molecular complexity index is 2470. The van der Waals surface area contributed by atoms with E-state index in [9.17, 15) is 43.5 Å². The fourth-order valence-corrected chi connectivity index (χ4v) is 11.5. The van der Waals surface area contributed by atoms with Gasteiger partial charge in [-0.05, 0) is 141 Å². The minimum absolute atomic E-state index is 0.0794. The van der Waals surface area contributed by atoms with E-state index in [0.29, 0.717) is 19.3 Å². The Balaban J connectivity index is 4.50. The second-order valence-electron chi connectivity index (χ2n) is 25.4. The number of aliphatic hydroxyl groups is 2. The van der Waals surface area contributed by atoms with Gasteiger partial charge in [-0.2, -0.15) is 0 Å². The Hall–Kier alpha value is -4.83. The zero-order valence-corrected chi connectivity index (χ0v) is 64.6. The molecule has 0 rings (SSSR count). The summed E-state index contributed by atoms with van der Waals surface area (Å²) >= 11 is 0. The van der Waals surface area contributed by atoms with Gasteiger partial charge in [0.1, 0.15) is 25.4 Å². The van der Waals surface area contributed by atoms with Crippen molar-refractivity contribution in [2.45, 2.75) is 309 Å². The topological polar surface area (TPSA) is 231 Å². The normalized spacial score (nSPS) is 14.9. The van der Waals surface area contributed by atoms with E-state index >= 15 is 0 Å². The average molecular weight is 1450 g/mol. The molecule has 0 aliphatic rings. The van der Waals surface area contributed by atoms with Crippen LogP contribution in [-0.4, -0.2) is 95.9 Å². The summed E-state index contributed by atoms with van der Waals surface area (Å²) in [7, 11) is -9.80. The molecule has 16 nitrogen and oxygen atoms in total. The van der Waals surface area contributed by atoms with Gasteiger partial charge in [0.15, 0.2) is 6.10 Å². The van der Waals surface area contributed by atoms with Crippen LogP contribution in [0.2, 0.25) is 0 Å². The summed E-state index contributed by atoms with van der Waals surface area (Å²) in [5.74, 6) is -1.62. The molecule has 0 aromatic carbocycles. The minimum atomic E-state index is -4.94. The summed E-state index contributed by atoms with van der Waals surface area (Å²) in [5.41, 5.74) is 0. The van der Waals surface area contributed by atoms with Gasteiger partial charge in [-0.3, -0.25) is 32.5 Å². The Kier molecular flexibility index (Phi) is 71.3. The molecule has 5 atom stereocenters. The molecular formula is C83H138O16P2. The number of phosphoric ester groups is 2. The maximum Gasteiger partial charge on any atom is 0.472 e. The molecule has 0 aromatic heterocycles. The lowest BCUT2D eigenvalue weighted by atomic mass is 10.0. The van der Waals surface area contributed by atoms with E-state index in [2.05, 4.69) is 179 Å². The van der Waals surface area contributed by atoms with E-state index in [1.54, 1.807) is 0 Å². The van der Waals surface area contributed by atoms with Crippen molar-refractivity contribution in [3.8, 4) is 0 Å². The van der Waals surface area contributed by atoms with Crippen molar-refractivity contribution in [1.82, 2.24) is 0 Å². The first kappa shape index (κ1) is 96.2. The third kappa shape index (κ3) is 76.1. The zero-order chi connectivity index (χ0) is 73.7. The van der Waals surface area contributed by atoms with E-state index in [4.69, 9.17) is 32.3 Å². The molecule has 0 aliphatic heterocycles. The quantitative estimate of drug-likeness (QED) is 0.0146. The van der Waals surface area contributed by atoms with Gasteiger partial charge in [-0.1, -0.05) is 288 Å². The first-order valence-electron chi connectivity index (χ1n) is 38.8. The number of esters is 3. The summed E-state index contributed by atoms with van der Waals surface area (Å²) in [6.07, 6.45) is 93.0. The zero-order valence-electron chi connectivity index (χ0n) is 62.8. The van der Waals surface area contributed by atoms with Crippen molar-refractivity contribution < 1.29 is 75.8 Å². The van der Waals surface area contributed by atoms with Gasteiger partial charge in [-0.25, -0.2) is 9.13 Å². The summed E-state index contributed by atoms with van der Waals surface area (Å²) in [6, 6.07) is 0. The molecule has 0 fully saturated rings. The molecule has 0 amide bonds. The Morgan fingerprint density at radius 3 is 0.832 bits per heavy atom. The summed E-state index contributed by atoms with van der Waals surface area (Å²) in [4.78, 5) is 58.6. The number of ether oxygens (including phenoxy) is 3. The predicted octanol–water partition coefficient (Wildman–Crippen LogP) is 22.6. The third-order valence-electron chi connectivity index (χ3n) is 15.7. The van der Waals surface area contributed by atoms with E-state index in [1.165, 1.54) is 51.4 Å². The molecular weight excluding hydrogens is 1310 g/mol.